The minimum atomic E-state index is -0.283. The second kappa shape index (κ2) is 10.6. The molecule has 5 aromatic rings. The zero-order chi connectivity index (χ0) is 27.0. The van der Waals surface area contributed by atoms with E-state index in [2.05, 4.69) is 26.2 Å². The highest BCUT2D eigenvalue weighted by molar-refractivity contribution is 9.10. The van der Waals surface area contributed by atoms with Crippen molar-refractivity contribution in [3.05, 3.63) is 90.1 Å². The number of halogens is 1. The first-order chi connectivity index (χ1) is 18.2. The van der Waals surface area contributed by atoms with E-state index in [-0.39, 0.29) is 18.1 Å². The number of nitrogens with one attached hydrogen (secondary N) is 1. The molecule has 0 saturated heterocycles. The fourth-order valence-corrected chi connectivity index (χ4v) is 5.68. The summed E-state index contributed by atoms with van der Waals surface area (Å²) in [5.74, 6) is 0.610. The molecule has 0 radical (unpaired) electrons. The van der Waals surface area contributed by atoms with Gasteiger partial charge in [0.1, 0.15) is 0 Å². The Bertz CT molecular complexity index is 1790. The van der Waals surface area contributed by atoms with Crippen LogP contribution in [0.3, 0.4) is 0 Å². The van der Waals surface area contributed by atoms with Crippen LogP contribution in [-0.4, -0.2) is 28.5 Å². The maximum absolute atomic E-state index is 13.3. The number of aromatic nitrogens is 2. The quantitative estimate of drug-likeness (QED) is 0.268. The molecule has 0 fully saturated rings. The fraction of sp³-hybridized carbons (Fsp3) is 0.207. The van der Waals surface area contributed by atoms with Gasteiger partial charge < -0.3 is 14.8 Å². The number of ether oxygens (including phenoxy) is 2. The molecule has 0 aliphatic heterocycles. The van der Waals surface area contributed by atoms with Gasteiger partial charge in [-0.15, -0.1) is 0 Å². The lowest BCUT2D eigenvalue weighted by Crippen LogP contribution is -2.22. The number of amides is 1. The van der Waals surface area contributed by atoms with Crippen molar-refractivity contribution in [2.45, 2.75) is 27.7 Å². The Balaban J connectivity index is 1.44. The standard InChI is InChI=1S/C29H26BrN3O4S/c1-5-36-24-13-19(12-21(30)27(24)37-15-26(34)31-20-8-6-16(2)7-9-20)14-25-28(35)33-23-11-18(4)17(3)10-22(23)32-29(33)38-25/h6-14H,5,15H2,1-4H3,(H,31,34)/b25-14-. The summed E-state index contributed by atoms with van der Waals surface area (Å²) in [6.45, 7) is 8.15. The Morgan fingerprint density at radius 3 is 2.55 bits per heavy atom. The fourth-order valence-electron chi connectivity index (χ4n) is 4.12. The lowest BCUT2D eigenvalue weighted by Gasteiger charge is -2.14. The van der Waals surface area contributed by atoms with Gasteiger partial charge in [-0.05, 0) is 103 Å². The largest absolute Gasteiger partial charge is 0.490 e. The number of hydrogen-bond acceptors (Lipinski definition) is 6. The summed E-state index contributed by atoms with van der Waals surface area (Å²) in [5, 5.41) is 2.82. The highest BCUT2D eigenvalue weighted by atomic mass is 79.9. The average molecular weight is 593 g/mol. The average Bonchev–Trinajstić information content (AvgIpc) is 3.36. The first kappa shape index (κ1) is 25.9. The van der Waals surface area contributed by atoms with E-state index in [1.807, 2.05) is 76.2 Å². The molecule has 3 aromatic carbocycles. The zero-order valence-corrected chi connectivity index (χ0v) is 23.8. The van der Waals surface area contributed by atoms with Crippen molar-refractivity contribution in [3.63, 3.8) is 0 Å². The van der Waals surface area contributed by atoms with Gasteiger partial charge in [-0.3, -0.25) is 9.59 Å². The first-order valence-corrected chi connectivity index (χ1v) is 13.7. The minimum Gasteiger partial charge on any atom is -0.490 e. The molecule has 2 heterocycles. The molecule has 0 bridgehead atoms. The van der Waals surface area contributed by atoms with E-state index in [0.29, 0.717) is 37.8 Å². The Morgan fingerprint density at radius 1 is 1.08 bits per heavy atom. The summed E-state index contributed by atoms with van der Waals surface area (Å²) in [5.41, 5.74) is 6.35. The highest BCUT2D eigenvalue weighted by Crippen LogP contribution is 2.37. The topological polar surface area (TPSA) is 81.9 Å². The minimum absolute atomic E-state index is 0.113. The number of fused-ring (bicyclic) bond motifs is 3. The molecule has 0 aliphatic carbocycles. The van der Waals surface area contributed by atoms with Gasteiger partial charge in [0.2, 0.25) is 0 Å². The molecule has 0 atom stereocenters. The van der Waals surface area contributed by atoms with Crippen LogP contribution in [0, 0.1) is 20.8 Å². The van der Waals surface area contributed by atoms with Crippen LogP contribution >= 0.6 is 27.3 Å². The maximum Gasteiger partial charge on any atom is 0.274 e. The molecule has 38 heavy (non-hydrogen) atoms. The Hall–Kier alpha value is -3.69. The van der Waals surface area contributed by atoms with Gasteiger partial charge in [0.25, 0.3) is 11.5 Å². The normalized spacial score (nSPS) is 11.9. The number of carbonyl (C=O) groups is 1. The molecule has 2 aromatic heterocycles. The van der Waals surface area contributed by atoms with Crippen molar-refractivity contribution in [1.29, 1.82) is 0 Å². The van der Waals surface area contributed by atoms with Crippen LogP contribution in [0.25, 0.3) is 22.1 Å². The molecule has 0 saturated carbocycles. The number of nitrogens with zero attached hydrogens (tertiary/aromatic N) is 2. The predicted molar refractivity (Wildman–Crippen MR) is 156 cm³/mol. The third kappa shape index (κ3) is 5.16. The second-order valence-corrected chi connectivity index (χ2v) is 10.9. The molecule has 7 nitrogen and oxygen atoms in total. The number of aryl methyl sites for hydroxylation is 3. The van der Waals surface area contributed by atoms with E-state index >= 15 is 0 Å². The molecule has 1 N–H and O–H groups in total. The monoisotopic (exact) mass is 591 g/mol. The second-order valence-electron chi connectivity index (χ2n) is 9.04. The van der Waals surface area contributed by atoms with Crippen LogP contribution in [0.4, 0.5) is 5.69 Å². The van der Waals surface area contributed by atoms with Crippen LogP contribution in [0.15, 0.2) is 57.8 Å². The lowest BCUT2D eigenvalue weighted by atomic mass is 10.1. The van der Waals surface area contributed by atoms with Gasteiger partial charge in [-0.1, -0.05) is 29.0 Å². The van der Waals surface area contributed by atoms with E-state index in [0.717, 1.165) is 33.3 Å². The van der Waals surface area contributed by atoms with Crippen LogP contribution in [0.5, 0.6) is 11.5 Å². The summed E-state index contributed by atoms with van der Waals surface area (Å²) < 4.78 is 14.5. The smallest absolute Gasteiger partial charge is 0.274 e. The number of rotatable bonds is 7. The van der Waals surface area contributed by atoms with Crippen molar-refractivity contribution in [2.24, 2.45) is 0 Å². The maximum atomic E-state index is 13.3. The molecule has 5 rings (SSSR count). The van der Waals surface area contributed by atoms with Crippen molar-refractivity contribution in [3.8, 4) is 11.5 Å². The van der Waals surface area contributed by atoms with Crippen molar-refractivity contribution in [2.75, 3.05) is 18.5 Å². The molecule has 0 unspecified atom stereocenters. The number of hydrogen-bond donors (Lipinski definition) is 1. The van der Waals surface area contributed by atoms with Gasteiger partial charge in [0.15, 0.2) is 23.1 Å². The molecule has 9 heteroatoms. The van der Waals surface area contributed by atoms with E-state index in [4.69, 9.17) is 9.47 Å². The number of thiazole rings is 1. The summed E-state index contributed by atoms with van der Waals surface area (Å²) in [6, 6.07) is 15.2. The molecule has 0 aliphatic rings. The van der Waals surface area contributed by atoms with Gasteiger partial charge in [0.05, 0.1) is 26.6 Å². The van der Waals surface area contributed by atoms with Crippen molar-refractivity contribution in [1.82, 2.24) is 9.38 Å². The van der Waals surface area contributed by atoms with E-state index in [1.165, 1.54) is 11.3 Å². The van der Waals surface area contributed by atoms with Crippen molar-refractivity contribution < 1.29 is 14.3 Å². The lowest BCUT2D eigenvalue weighted by molar-refractivity contribution is -0.118. The molecular formula is C29H26BrN3O4S. The molecular weight excluding hydrogens is 566 g/mol. The third-order valence-corrected chi connectivity index (χ3v) is 7.72. The number of carbonyl (C=O) groups excluding carboxylic acids is 1. The predicted octanol–water partition coefficient (Wildman–Crippen LogP) is 5.56. The highest BCUT2D eigenvalue weighted by Gasteiger charge is 2.16. The van der Waals surface area contributed by atoms with Gasteiger partial charge in [-0.2, -0.15) is 0 Å². The number of benzene rings is 3. The summed E-state index contributed by atoms with van der Waals surface area (Å²) >= 11 is 4.90. The van der Waals surface area contributed by atoms with Gasteiger partial charge in [0, 0.05) is 5.69 Å². The van der Waals surface area contributed by atoms with Crippen LogP contribution in [0.1, 0.15) is 29.2 Å². The van der Waals surface area contributed by atoms with Crippen LogP contribution in [0.2, 0.25) is 0 Å². The van der Waals surface area contributed by atoms with Crippen molar-refractivity contribution >= 4 is 60.9 Å². The summed E-state index contributed by atoms with van der Waals surface area (Å²) in [4.78, 5) is 31.1. The van der Waals surface area contributed by atoms with E-state index in [1.54, 1.807) is 10.5 Å². The van der Waals surface area contributed by atoms with Crippen LogP contribution < -0.4 is 24.9 Å². The van der Waals surface area contributed by atoms with Crippen LogP contribution in [-0.2, 0) is 4.79 Å². The Labute approximate surface area is 231 Å². The third-order valence-electron chi connectivity index (χ3n) is 6.17. The van der Waals surface area contributed by atoms with Gasteiger partial charge in [-0.25, -0.2) is 9.38 Å². The molecule has 1 amide bonds. The SMILES string of the molecule is CCOc1cc(/C=c2\sc3nc4cc(C)c(C)cc4n3c2=O)cc(Br)c1OCC(=O)Nc1ccc(C)cc1. The number of anilines is 1. The molecule has 0 spiro atoms. The summed E-state index contributed by atoms with van der Waals surface area (Å²) in [7, 11) is 0. The zero-order valence-electron chi connectivity index (χ0n) is 21.4. The van der Waals surface area contributed by atoms with Gasteiger partial charge >= 0.3 is 0 Å². The van der Waals surface area contributed by atoms with E-state index in [9.17, 15) is 9.59 Å². The Kier molecular flexibility index (Phi) is 7.23. The molecule has 194 valence electrons. The number of imidazole rings is 1. The van der Waals surface area contributed by atoms with E-state index < -0.39 is 0 Å². The first-order valence-electron chi connectivity index (χ1n) is 12.1. The summed E-state index contributed by atoms with van der Waals surface area (Å²) in [6.07, 6.45) is 1.82. The Morgan fingerprint density at radius 2 is 1.82 bits per heavy atom.